The van der Waals surface area contributed by atoms with Crippen molar-refractivity contribution in [3.05, 3.63) is 0 Å². The van der Waals surface area contributed by atoms with Crippen LogP contribution in [-0.4, -0.2) is 37.4 Å². The van der Waals surface area contributed by atoms with E-state index in [0.29, 0.717) is 19.4 Å². The smallest absolute Gasteiger partial charge is 0.238 e. The molecule has 1 heterocycles. The number of nitrogens with two attached hydrogens (primary N) is 1. The molecule has 0 radical (unpaired) electrons. The molecular weight excluding hydrogens is 252 g/mol. The van der Waals surface area contributed by atoms with Crippen molar-refractivity contribution in [1.82, 2.24) is 5.32 Å². The summed E-state index contributed by atoms with van der Waals surface area (Å²) in [4.78, 5) is 12.1. The summed E-state index contributed by atoms with van der Waals surface area (Å²) in [7, 11) is -3.28. The van der Waals surface area contributed by atoms with Crippen LogP contribution in [0.25, 0.3) is 0 Å². The Hall–Kier alpha value is -0.620. The van der Waals surface area contributed by atoms with Crippen molar-refractivity contribution in [2.45, 2.75) is 50.8 Å². The van der Waals surface area contributed by atoms with Crippen molar-refractivity contribution in [1.29, 1.82) is 0 Å². The fourth-order valence-corrected chi connectivity index (χ4v) is 3.84. The van der Waals surface area contributed by atoms with Gasteiger partial charge in [-0.3, -0.25) is 4.79 Å². The summed E-state index contributed by atoms with van der Waals surface area (Å²) in [6.45, 7) is 6.07. The molecule has 1 fully saturated rings. The number of sulfone groups is 1. The average molecular weight is 276 g/mol. The van der Waals surface area contributed by atoms with Gasteiger partial charge in [-0.25, -0.2) is 8.42 Å². The minimum atomic E-state index is -3.28. The predicted octanol–water partition coefficient (Wildman–Crippen LogP) is 0.443. The average Bonchev–Trinajstić information content (AvgIpc) is 2.27. The molecule has 0 bridgehead atoms. The lowest BCUT2D eigenvalue weighted by Gasteiger charge is -2.35. The van der Waals surface area contributed by atoms with E-state index in [2.05, 4.69) is 5.32 Å². The molecule has 0 aromatic heterocycles. The zero-order chi connectivity index (χ0) is 14.0. The molecule has 1 amide bonds. The van der Waals surface area contributed by atoms with E-state index in [9.17, 15) is 13.2 Å². The fourth-order valence-electron chi connectivity index (χ4n) is 2.04. The van der Waals surface area contributed by atoms with Gasteiger partial charge in [0.25, 0.3) is 0 Å². The zero-order valence-electron chi connectivity index (χ0n) is 11.4. The number of hydrogen-bond acceptors (Lipinski definition) is 4. The molecule has 18 heavy (non-hydrogen) atoms. The molecule has 2 unspecified atom stereocenters. The van der Waals surface area contributed by atoms with Gasteiger partial charge >= 0.3 is 0 Å². The summed E-state index contributed by atoms with van der Waals surface area (Å²) in [6.07, 6.45) is 1.87. The number of amides is 1. The molecule has 0 spiro atoms. The van der Waals surface area contributed by atoms with Crippen LogP contribution in [0.4, 0.5) is 0 Å². The van der Waals surface area contributed by atoms with E-state index in [1.807, 2.05) is 20.8 Å². The summed E-state index contributed by atoms with van der Waals surface area (Å²) < 4.78 is 23.8. The fraction of sp³-hybridized carbons (Fsp3) is 0.917. The largest absolute Gasteiger partial charge is 0.348 e. The van der Waals surface area contributed by atoms with E-state index in [1.54, 1.807) is 0 Å². The lowest BCUT2D eigenvalue weighted by Crippen LogP contribution is -2.58. The Kier molecular flexibility index (Phi) is 4.78. The Labute approximate surface area is 109 Å². The molecule has 0 aliphatic carbocycles. The van der Waals surface area contributed by atoms with Crippen molar-refractivity contribution in [2.75, 3.05) is 12.3 Å². The number of rotatable bonds is 4. The molecule has 2 atom stereocenters. The third-order valence-electron chi connectivity index (χ3n) is 3.98. The second kappa shape index (κ2) is 5.57. The van der Waals surface area contributed by atoms with Gasteiger partial charge in [0.05, 0.1) is 11.3 Å². The monoisotopic (exact) mass is 276 g/mol. The Bertz CT molecular complexity index is 406. The highest BCUT2D eigenvalue weighted by molar-refractivity contribution is 7.92. The van der Waals surface area contributed by atoms with Crippen molar-refractivity contribution in [3.8, 4) is 0 Å². The van der Waals surface area contributed by atoms with E-state index < -0.39 is 26.5 Å². The maximum atomic E-state index is 12.1. The molecule has 1 aliphatic rings. The van der Waals surface area contributed by atoms with Gasteiger partial charge in [-0.05, 0) is 25.7 Å². The topological polar surface area (TPSA) is 89.3 Å². The second-order valence-corrected chi connectivity index (χ2v) is 7.92. The normalized spacial score (nSPS) is 26.6. The molecule has 3 N–H and O–H groups in total. The maximum absolute atomic E-state index is 12.1. The molecule has 1 rings (SSSR count). The highest BCUT2D eigenvalue weighted by atomic mass is 32.2. The van der Waals surface area contributed by atoms with Gasteiger partial charge < -0.3 is 11.1 Å². The highest BCUT2D eigenvalue weighted by Crippen LogP contribution is 2.22. The molecule has 1 aliphatic heterocycles. The zero-order valence-corrected chi connectivity index (χ0v) is 12.2. The van der Waals surface area contributed by atoms with Crippen LogP contribution < -0.4 is 11.1 Å². The van der Waals surface area contributed by atoms with Crippen LogP contribution in [0.2, 0.25) is 0 Å². The van der Waals surface area contributed by atoms with Gasteiger partial charge in [-0.1, -0.05) is 20.3 Å². The van der Waals surface area contributed by atoms with Crippen LogP contribution in [0.5, 0.6) is 0 Å². The SMILES string of the molecule is CC(C)C(C)(CN)NC(=O)C1CCCCS1(=O)=O. The molecule has 5 nitrogen and oxygen atoms in total. The Morgan fingerprint density at radius 2 is 2.06 bits per heavy atom. The van der Waals surface area contributed by atoms with E-state index >= 15 is 0 Å². The van der Waals surface area contributed by atoms with Crippen molar-refractivity contribution < 1.29 is 13.2 Å². The van der Waals surface area contributed by atoms with E-state index in [1.165, 1.54) is 0 Å². The number of nitrogens with one attached hydrogen (secondary N) is 1. The van der Waals surface area contributed by atoms with Gasteiger partial charge in [0.1, 0.15) is 5.25 Å². The van der Waals surface area contributed by atoms with Gasteiger partial charge in [-0.2, -0.15) is 0 Å². The van der Waals surface area contributed by atoms with E-state index in [-0.39, 0.29) is 11.7 Å². The lowest BCUT2D eigenvalue weighted by molar-refractivity contribution is -0.123. The summed E-state index contributed by atoms with van der Waals surface area (Å²) >= 11 is 0. The third kappa shape index (κ3) is 3.23. The van der Waals surface area contributed by atoms with Crippen LogP contribution >= 0.6 is 0 Å². The maximum Gasteiger partial charge on any atom is 0.238 e. The molecule has 6 heteroatoms. The van der Waals surface area contributed by atoms with Gasteiger partial charge in [0, 0.05) is 6.54 Å². The summed E-state index contributed by atoms with van der Waals surface area (Å²) in [5.41, 5.74) is 5.14. The Balaban J connectivity index is 2.82. The number of hydrogen-bond donors (Lipinski definition) is 2. The molecule has 0 aromatic rings. The number of carbonyl (C=O) groups is 1. The second-order valence-electron chi connectivity index (χ2n) is 5.62. The summed E-state index contributed by atoms with van der Waals surface area (Å²) in [5, 5.41) is 1.93. The van der Waals surface area contributed by atoms with E-state index in [0.717, 1.165) is 6.42 Å². The van der Waals surface area contributed by atoms with E-state index in [4.69, 9.17) is 5.73 Å². The first kappa shape index (κ1) is 15.4. The summed E-state index contributed by atoms with van der Waals surface area (Å²) in [6, 6.07) is 0. The van der Waals surface area contributed by atoms with Gasteiger partial charge in [0.15, 0.2) is 9.84 Å². The van der Waals surface area contributed by atoms with Gasteiger partial charge in [-0.15, -0.1) is 0 Å². The van der Waals surface area contributed by atoms with Crippen LogP contribution in [0, 0.1) is 5.92 Å². The molecule has 106 valence electrons. The quantitative estimate of drug-likeness (QED) is 0.780. The molecular formula is C12H24N2O3S. The van der Waals surface area contributed by atoms with Gasteiger partial charge in [0.2, 0.25) is 5.91 Å². The molecule has 0 saturated carbocycles. The minimum Gasteiger partial charge on any atom is -0.348 e. The first-order chi connectivity index (χ1) is 8.23. The van der Waals surface area contributed by atoms with Crippen LogP contribution in [0.15, 0.2) is 0 Å². The lowest BCUT2D eigenvalue weighted by atomic mass is 9.88. The minimum absolute atomic E-state index is 0.117. The van der Waals surface area contributed by atoms with Crippen LogP contribution in [0.1, 0.15) is 40.0 Å². The van der Waals surface area contributed by atoms with Crippen LogP contribution in [0.3, 0.4) is 0 Å². The number of carbonyl (C=O) groups excluding carboxylic acids is 1. The third-order valence-corrected chi connectivity index (χ3v) is 6.15. The van der Waals surface area contributed by atoms with Crippen molar-refractivity contribution in [2.24, 2.45) is 11.7 Å². The predicted molar refractivity (Wildman–Crippen MR) is 71.9 cm³/mol. The standard InChI is InChI=1S/C12H24N2O3S/c1-9(2)12(3,8-13)14-11(15)10-6-4-5-7-18(10,16)17/h9-10H,4-8,13H2,1-3H3,(H,14,15). The van der Waals surface area contributed by atoms with Crippen LogP contribution in [-0.2, 0) is 14.6 Å². The molecule has 1 saturated heterocycles. The first-order valence-corrected chi connectivity index (χ1v) is 8.18. The highest BCUT2D eigenvalue weighted by Gasteiger charge is 2.38. The van der Waals surface area contributed by atoms with Crippen molar-refractivity contribution >= 4 is 15.7 Å². The molecule has 0 aromatic carbocycles. The van der Waals surface area contributed by atoms with Crippen molar-refractivity contribution in [3.63, 3.8) is 0 Å². The Morgan fingerprint density at radius 1 is 1.44 bits per heavy atom. The first-order valence-electron chi connectivity index (χ1n) is 6.46. The summed E-state index contributed by atoms with van der Waals surface area (Å²) in [5.74, 6) is -0.124. The Morgan fingerprint density at radius 3 is 2.50 bits per heavy atom.